The molecule has 370 valence electrons. The van der Waals surface area contributed by atoms with Crippen LogP contribution in [0.15, 0.2) is 85.2 Å². The van der Waals surface area contributed by atoms with E-state index >= 15 is 0 Å². The van der Waals surface area contributed by atoms with Crippen molar-refractivity contribution in [1.82, 2.24) is 40.4 Å². The van der Waals surface area contributed by atoms with Crippen LogP contribution in [0.4, 0.5) is 0 Å². The number of carbonyl (C=O) groups is 5. The number of carbonyl (C=O) groups excluding carboxylic acids is 5. The van der Waals surface area contributed by atoms with Crippen molar-refractivity contribution in [2.75, 3.05) is 40.9 Å². The molecule has 4 amide bonds. The van der Waals surface area contributed by atoms with E-state index in [2.05, 4.69) is 58.5 Å². The number of likely N-dealkylation sites (N-methyl/N-ethyl adjacent to an activating group) is 2. The Labute approximate surface area is 409 Å². The number of cyclic esters (lactones) is 1. The maximum atomic E-state index is 14.8. The third kappa shape index (κ3) is 10.6. The van der Waals surface area contributed by atoms with Crippen LogP contribution in [-0.4, -0.2) is 124 Å². The van der Waals surface area contributed by atoms with Crippen LogP contribution in [0.5, 0.6) is 5.75 Å². The summed E-state index contributed by atoms with van der Waals surface area (Å²) in [6, 6.07) is 19.3. The Morgan fingerprint density at radius 2 is 1.80 bits per heavy atom. The number of hydrogen-bond donors (Lipinski definition) is 4. The van der Waals surface area contributed by atoms with E-state index in [0.29, 0.717) is 43.5 Å². The highest BCUT2D eigenvalue weighted by atomic mass is 16.5. The van der Waals surface area contributed by atoms with Gasteiger partial charge in [-0.3, -0.25) is 39.3 Å². The number of phenolic OH excluding ortho intramolecular Hbond substituents is 1. The van der Waals surface area contributed by atoms with Gasteiger partial charge in [0.25, 0.3) is 5.91 Å². The number of aromatic nitrogens is 2. The predicted molar refractivity (Wildman–Crippen MR) is 266 cm³/mol. The summed E-state index contributed by atoms with van der Waals surface area (Å²) in [5.74, 6) is -2.66. The zero-order chi connectivity index (χ0) is 50.0. The maximum absolute atomic E-state index is 14.8. The topological polar surface area (TPSA) is 198 Å². The Morgan fingerprint density at radius 3 is 2.53 bits per heavy atom. The van der Waals surface area contributed by atoms with Gasteiger partial charge in [-0.1, -0.05) is 70.2 Å². The molecular weight excluding hydrogens is 889 g/mol. The molecule has 16 heteroatoms. The Kier molecular flexibility index (Phi) is 14.8. The van der Waals surface area contributed by atoms with Gasteiger partial charge < -0.3 is 34.3 Å². The number of fused-ring (bicyclic) bond motifs is 6. The van der Waals surface area contributed by atoms with Crippen molar-refractivity contribution in [3.63, 3.8) is 0 Å². The maximum Gasteiger partial charge on any atom is 0.324 e. The average molecular weight is 955 g/mol. The smallest absolute Gasteiger partial charge is 0.324 e. The van der Waals surface area contributed by atoms with Crippen LogP contribution in [0, 0.1) is 11.3 Å². The third-order valence-electron chi connectivity index (χ3n) is 13.8. The molecule has 6 bridgehead atoms. The second kappa shape index (κ2) is 20.8. The lowest BCUT2D eigenvalue weighted by Crippen LogP contribution is -2.62. The molecule has 8 rings (SSSR count). The van der Waals surface area contributed by atoms with E-state index in [-0.39, 0.29) is 43.8 Å². The number of rotatable bonds is 12. The van der Waals surface area contributed by atoms with E-state index in [1.54, 1.807) is 32.5 Å². The van der Waals surface area contributed by atoms with E-state index in [1.807, 2.05) is 68.6 Å². The lowest BCUT2D eigenvalue weighted by molar-refractivity contribution is -0.155. The number of ether oxygens (including phenoxy) is 2. The first-order valence-electron chi connectivity index (χ1n) is 24.2. The Hall–Kier alpha value is -6.62. The summed E-state index contributed by atoms with van der Waals surface area (Å²) in [4.78, 5) is 77.8. The number of aryl methyl sites for hydroxylation is 1. The number of phenols is 1. The number of aromatic hydroxyl groups is 1. The number of nitrogens with zero attached hydrogens (tertiary/aromatic N) is 5. The third-order valence-corrected chi connectivity index (χ3v) is 13.8. The van der Waals surface area contributed by atoms with Gasteiger partial charge >= 0.3 is 5.97 Å². The minimum Gasteiger partial charge on any atom is -0.508 e. The Morgan fingerprint density at radius 1 is 1.03 bits per heavy atom. The van der Waals surface area contributed by atoms with Gasteiger partial charge in [0.2, 0.25) is 17.7 Å². The highest BCUT2D eigenvalue weighted by Crippen LogP contribution is 2.41. The first-order valence-corrected chi connectivity index (χ1v) is 24.2. The summed E-state index contributed by atoms with van der Waals surface area (Å²) >= 11 is 0. The van der Waals surface area contributed by atoms with Crippen molar-refractivity contribution in [3.05, 3.63) is 107 Å². The van der Waals surface area contributed by atoms with Crippen molar-refractivity contribution in [2.45, 2.75) is 104 Å². The lowest BCUT2D eigenvalue weighted by Gasteiger charge is -2.37. The highest BCUT2D eigenvalue weighted by molar-refractivity contribution is 5.96. The summed E-state index contributed by atoms with van der Waals surface area (Å²) in [7, 11) is 4.76. The molecule has 0 aliphatic carbocycles. The van der Waals surface area contributed by atoms with Crippen LogP contribution in [0.2, 0.25) is 0 Å². The molecule has 3 aliphatic heterocycles. The summed E-state index contributed by atoms with van der Waals surface area (Å²) < 4.78 is 14.0. The standard InChI is InChI=1S/C54H66N8O8/c1-9-61-44-18-17-35-26-39(44)40(49(61)41-28-55-20-19-36(41)30-69-8)27-54(4,5)31-70-53(68)42-16-13-21-62(58-42)51(66)43(24-33-22-37(35)25-38(63)23-33)56-50(65)48(32(2)3)60(7)45(64)29-59(6)52(67)47-46(57-47)34-14-11-10-12-15-34/h10-12,14-15,17-20,22-23,25-26,28,32,42-43,46-48,57-58,63H,9,13,16,21,24,27,29-31H2,1-8H3,(H,56,65)/t42-,43-,46+,47-,48-/m0/s1. The SMILES string of the molecule is CCn1c(-c2cnccc2COC)c2c3cc(ccc31)-c1cc(O)cc(c1)C[C@H](NC(=O)[C@H](C(C)C)N(C)C(=O)CN(C)C(=O)[C@H]1N[C@@H]1c1ccccc1)C(=O)N1CCC[C@H](N1)C(=O)OCC(C)(C)C2. The number of nitrogens with one attached hydrogen (secondary N) is 3. The molecule has 4 N–H and O–H groups in total. The molecule has 2 fully saturated rings. The monoisotopic (exact) mass is 955 g/mol. The molecule has 0 radical (unpaired) electrons. The number of pyridine rings is 1. The fourth-order valence-electron chi connectivity index (χ4n) is 10.2. The van der Waals surface area contributed by atoms with Crippen molar-refractivity contribution in [2.24, 2.45) is 11.3 Å². The summed E-state index contributed by atoms with van der Waals surface area (Å²) in [5.41, 5.74) is 10.6. The van der Waals surface area contributed by atoms with E-state index in [1.165, 1.54) is 21.9 Å². The second-order valence-corrected chi connectivity index (χ2v) is 20.1. The number of esters is 1. The minimum absolute atomic E-state index is 0.0216. The van der Waals surface area contributed by atoms with Crippen molar-refractivity contribution in [3.8, 4) is 28.1 Å². The minimum atomic E-state index is -1.19. The number of methoxy groups -OCH3 is 1. The van der Waals surface area contributed by atoms with Crippen molar-refractivity contribution >= 4 is 40.5 Å². The van der Waals surface area contributed by atoms with E-state index < -0.39 is 59.2 Å². The first kappa shape index (κ1) is 49.8. The van der Waals surface area contributed by atoms with Gasteiger partial charge in [-0.15, -0.1) is 0 Å². The fraction of sp³-hybridized carbons (Fsp3) is 0.444. The van der Waals surface area contributed by atoms with Crippen LogP contribution in [-0.2, 0) is 59.4 Å². The number of benzene rings is 3. The zero-order valence-electron chi connectivity index (χ0n) is 41.5. The molecule has 0 spiro atoms. The van der Waals surface area contributed by atoms with Crippen LogP contribution in [0.3, 0.4) is 0 Å². The molecule has 5 heterocycles. The van der Waals surface area contributed by atoms with Gasteiger partial charge in [0.1, 0.15) is 29.9 Å². The largest absolute Gasteiger partial charge is 0.508 e. The van der Waals surface area contributed by atoms with Gasteiger partial charge in [0, 0.05) is 75.0 Å². The van der Waals surface area contributed by atoms with Gasteiger partial charge in [0.15, 0.2) is 0 Å². The second-order valence-electron chi connectivity index (χ2n) is 20.1. The quantitative estimate of drug-likeness (QED) is 0.0905. The summed E-state index contributed by atoms with van der Waals surface area (Å²) in [5, 5.41) is 19.9. The number of amides is 4. The Bertz CT molecular complexity index is 2770. The highest BCUT2D eigenvalue weighted by Gasteiger charge is 2.45. The van der Waals surface area contributed by atoms with Crippen LogP contribution in [0.1, 0.15) is 75.8 Å². The van der Waals surface area contributed by atoms with E-state index in [0.717, 1.165) is 44.4 Å². The fourth-order valence-corrected chi connectivity index (χ4v) is 10.2. The lowest BCUT2D eigenvalue weighted by atomic mass is 9.84. The van der Waals surface area contributed by atoms with Gasteiger partial charge in [0.05, 0.1) is 31.5 Å². The van der Waals surface area contributed by atoms with Gasteiger partial charge in [-0.2, -0.15) is 0 Å². The molecule has 0 unspecified atom stereocenters. The molecule has 2 aromatic heterocycles. The zero-order valence-corrected chi connectivity index (χ0v) is 41.5. The number of hydrogen-bond acceptors (Lipinski definition) is 11. The predicted octanol–water partition coefficient (Wildman–Crippen LogP) is 5.55. The molecule has 5 atom stereocenters. The molecule has 3 aliphatic rings. The number of hydrazine groups is 1. The normalized spacial score (nSPS) is 20.6. The summed E-state index contributed by atoms with van der Waals surface area (Å²) in [6.07, 6.45) is 5.07. The molecule has 70 heavy (non-hydrogen) atoms. The molecule has 0 saturated carbocycles. The summed E-state index contributed by atoms with van der Waals surface area (Å²) in [6.45, 7) is 11.0. The molecular formula is C54H66N8O8. The molecule has 2 saturated heterocycles. The molecule has 5 aromatic rings. The van der Waals surface area contributed by atoms with E-state index in [4.69, 9.17) is 9.47 Å². The van der Waals surface area contributed by atoms with Crippen molar-refractivity contribution < 1.29 is 38.6 Å². The Balaban J connectivity index is 1.13. The molecule has 3 aromatic carbocycles. The average Bonchev–Trinajstić information content (AvgIpc) is 4.09. The van der Waals surface area contributed by atoms with Crippen molar-refractivity contribution in [1.29, 1.82) is 0 Å². The van der Waals surface area contributed by atoms with Gasteiger partial charge in [-0.25, -0.2) is 5.43 Å². The first-order chi connectivity index (χ1) is 33.5. The van der Waals surface area contributed by atoms with Gasteiger partial charge in [-0.05, 0) is 95.8 Å². The van der Waals surface area contributed by atoms with E-state index in [9.17, 15) is 29.1 Å². The van der Waals surface area contributed by atoms with Crippen LogP contribution in [0.25, 0.3) is 33.3 Å². The van der Waals surface area contributed by atoms with Crippen LogP contribution >= 0.6 is 0 Å². The van der Waals surface area contributed by atoms with Crippen LogP contribution < -0.4 is 16.1 Å². The molecule has 16 nitrogen and oxygen atoms in total.